The minimum absolute atomic E-state index is 0. The van der Waals surface area contributed by atoms with Gasteiger partial charge in [0.15, 0.2) is 0 Å². The molecular formula is C32H20N4PtS. The molecule has 0 saturated heterocycles. The standard InChI is InChI=1S/C32H21N4S.Pt/c37-30-14-8-9-22-16-18-25(34-32(22)30)23-17-19-28-29(21-23)36(31-15-6-7-20-33-31)27-13-5-4-12-26(27)35(28)24-10-2-1-3-11-24;/h1-20,37H;/q-1;+2/p-1. The first-order chi connectivity index (χ1) is 18.3. The molecule has 4 aromatic carbocycles. The van der Waals surface area contributed by atoms with Crippen molar-refractivity contribution in [3.05, 3.63) is 128 Å². The van der Waals surface area contributed by atoms with Gasteiger partial charge in [-0.3, -0.25) is 4.98 Å². The van der Waals surface area contributed by atoms with E-state index in [1.165, 1.54) is 0 Å². The number of anilines is 6. The van der Waals surface area contributed by atoms with Crippen molar-refractivity contribution >= 4 is 57.8 Å². The van der Waals surface area contributed by atoms with Crippen LogP contribution < -0.4 is 9.80 Å². The van der Waals surface area contributed by atoms with Crippen LogP contribution in [0, 0.1) is 6.07 Å². The van der Waals surface area contributed by atoms with E-state index < -0.39 is 0 Å². The number of hydrogen-bond acceptors (Lipinski definition) is 5. The first-order valence-corrected chi connectivity index (χ1v) is 12.5. The average molecular weight is 688 g/mol. The Morgan fingerprint density at radius 3 is 2.18 bits per heavy atom. The molecule has 0 spiro atoms. The summed E-state index contributed by atoms with van der Waals surface area (Å²) >= 11 is 5.56. The van der Waals surface area contributed by atoms with Crippen LogP contribution in [-0.4, -0.2) is 9.97 Å². The van der Waals surface area contributed by atoms with Crippen molar-refractivity contribution in [1.82, 2.24) is 9.97 Å². The SMILES string of the molecule is [Pt+2].[S-]c1cccc2ccc(-c3[c-]c4c(cc3)N(c3ccccc3)c3ccccc3N4c3ccccn3)nc12. The summed E-state index contributed by atoms with van der Waals surface area (Å²) in [7, 11) is 0. The van der Waals surface area contributed by atoms with Gasteiger partial charge in [-0.15, -0.1) is 28.7 Å². The van der Waals surface area contributed by atoms with Gasteiger partial charge in [0.2, 0.25) is 0 Å². The number of aromatic nitrogens is 2. The van der Waals surface area contributed by atoms with E-state index in [4.69, 9.17) is 22.6 Å². The number of fused-ring (bicyclic) bond motifs is 3. The topological polar surface area (TPSA) is 32.3 Å². The van der Waals surface area contributed by atoms with E-state index in [9.17, 15) is 0 Å². The number of rotatable bonds is 3. The quantitative estimate of drug-likeness (QED) is 0.138. The van der Waals surface area contributed by atoms with E-state index in [1.54, 1.807) is 0 Å². The van der Waals surface area contributed by atoms with Crippen molar-refractivity contribution in [2.24, 2.45) is 0 Å². The van der Waals surface area contributed by atoms with Crippen LogP contribution in [0.1, 0.15) is 0 Å². The van der Waals surface area contributed by atoms with Gasteiger partial charge in [-0.1, -0.05) is 66.7 Å². The Balaban J connectivity index is 0.00000264. The summed E-state index contributed by atoms with van der Waals surface area (Å²) in [5.41, 5.74) is 7.68. The Bertz CT molecular complexity index is 1760. The Hall–Kier alpha value is -4.05. The molecule has 0 fully saturated rings. The number of pyridine rings is 2. The summed E-state index contributed by atoms with van der Waals surface area (Å²) in [5, 5.41) is 1.04. The zero-order valence-corrected chi connectivity index (χ0v) is 23.1. The van der Waals surface area contributed by atoms with Crippen LogP contribution in [0.4, 0.5) is 34.3 Å². The molecule has 0 aliphatic carbocycles. The fourth-order valence-corrected chi connectivity index (χ4v) is 5.16. The maximum absolute atomic E-state index is 5.56. The van der Waals surface area contributed by atoms with Gasteiger partial charge in [0, 0.05) is 17.4 Å². The molecule has 0 radical (unpaired) electrons. The monoisotopic (exact) mass is 687 g/mol. The van der Waals surface area contributed by atoms with Crippen molar-refractivity contribution < 1.29 is 21.1 Å². The Morgan fingerprint density at radius 1 is 0.632 bits per heavy atom. The molecule has 3 heterocycles. The van der Waals surface area contributed by atoms with E-state index in [2.05, 4.69) is 82.6 Å². The minimum atomic E-state index is 0. The van der Waals surface area contributed by atoms with Gasteiger partial charge in [-0.25, -0.2) is 4.98 Å². The fourth-order valence-electron chi connectivity index (χ4n) is 4.92. The molecule has 0 saturated carbocycles. The van der Waals surface area contributed by atoms with Crippen LogP contribution in [0.2, 0.25) is 0 Å². The molecule has 6 heteroatoms. The molecule has 0 N–H and O–H groups in total. The maximum atomic E-state index is 5.56. The molecule has 0 atom stereocenters. The van der Waals surface area contributed by atoms with E-state index in [-0.39, 0.29) is 21.1 Å². The largest absolute Gasteiger partial charge is 2.00 e. The van der Waals surface area contributed by atoms with Gasteiger partial charge in [-0.2, -0.15) is 0 Å². The summed E-state index contributed by atoms with van der Waals surface area (Å²) in [5.74, 6) is 0.830. The Kier molecular flexibility index (Phi) is 6.40. The normalized spacial score (nSPS) is 12.0. The second kappa shape index (κ2) is 10.0. The van der Waals surface area contributed by atoms with E-state index in [1.807, 2.05) is 54.7 Å². The van der Waals surface area contributed by atoms with Crippen LogP contribution in [-0.2, 0) is 33.7 Å². The first-order valence-electron chi connectivity index (χ1n) is 12.1. The Morgan fingerprint density at radius 2 is 1.39 bits per heavy atom. The van der Waals surface area contributed by atoms with Gasteiger partial charge in [0.25, 0.3) is 0 Å². The van der Waals surface area contributed by atoms with Gasteiger partial charge < -0.3 is 22.4 Å². The molecule has 7 rings (SSSR count). The van der Waals surface area contributed by atoms with E-state index in [0.717, 1.165) is 61.3 Å². The number of para-hydroxylation sites is 4. The van der Waals surface area contributed by atoms with Gasteiger partial charge in [0.05, 0.1) is 11.4 Å². The predicted molar refractivity (Wildman–Crippen MR) is 152 cm³/mol. The Labute approximate surface area is 241 Å². The third-order valence-corrected chi connectivity index (χ3v) is 6.91. The summed E-state index contributed by atoms with van der Waals surface area (Å²) < 4.78 is 0. The van der Waals surface area contributed by atoms with Crippen LogP contribution in [0.3, 0.4) is 0 Å². The second-order valence-corrected chi connectivity index (χ2v) is 9.25. The van der Waals surface area contributed by atoms with Crippen molar-refractivity contribution in [3.8, 4) is 11.3 Å². The number of benzene rings is 4. The molecule has 1 aliphatic heterocycles. The molecule has 2 aromatic heterocycles. The molecule has 0 unspecified atom stereocenters. The zero-order chi connectivity index (χ0) is 24.8. The van der Waals surface area contributed by atoms with Crippen molar-refractivity contribution in [3.63, 3.8) is 0 Å². The summed E-state index contributed by atoms with van der Waals surface area (Å²) in [6.45, 7) is 0. The van der Waals surface area contributed by atoms with Gasteiger partial charge >= 0.3 is 21.1 Å². The summed E-state index contributed by atoms with van der Waals surface area (Å²) in [4.78, 5) is 14.8. The fraction of sp³-hybridized carbons (Fsp3) is 0. The first kappa shape index (κ1) is 24.3. The molecule has 6 aromatic rings. The van der Waals surface area contributed by atoms with Crippen molar-refractivity contribution in [1.29, 1.82) is 0 Å². The maximum Gasteiger partial charge on any atom is 2.00 e. The molecular weight excluding hydrogens is 668 g/mol. The van der Waals surface area contributed by atoms with Crippen LogP contribution in [0.25, 0.3) is 22.2 Å². The number of nitrogens with zero attached hydrogens (tertiary/aromatic N) is 4. The second-order valence-electron chi connectivity index (χ2n) is 8.81. The minimum Gasteiger partial charge on any atom is -0.778 e. The molecule has 0 amide bonds. The van der Waals surface area contributed by atoms with Gasteiger partial charge in [-0.05, 0) is 58.9 Å². The predicted octanol–water partition coefficient (Wildman–Crippen LogP) is 8.25. The molecule has 1 aliphatic rings. The summed E-state index contributed by atoms with van der Waals surface area (Å²) in [6.07, 6.45) is 1.82. The van der Waals surface area contributed by atoms with Crippen LogP contribution in [0.15, 0.2) is 126 Å². The average Bonchev–Trinajstić information content (AvgIpc) is 2.96. The zero-order valence-electron chi connectivity index (χ0n) is 20.1. The van der Waals surface area contributed by atoms with E-state index >= 15 is 0 Å². The molecule has 4 nitrogen and oxygen atoms in total. The molecule has 0 bridgehead atoms. The molecule has 184 valence electrons. The summed E-state index contributed by atoms with van der Waals surface area (Å²) in [6, 6.07) is 42.7. The van der Waals surface area contributed by atoms with Gasteiger partial charge in [0.1, 0.15) is 5.82 Å². The van der Waals surface area contributed by atoms with Crippen LogP contribution >= 0.6 is 0 Å². The smallest absolute Gasteiger partial charge is 0.778 e. The van der Waals surface area contributed by atoms with Crippen LogP contribution in [0.5, 0.6) is 0 Å². The number of hydrogen-bond donors (Lipinski definition) is 0. The van der Waals surface area contributed by atoms with Crippen molar-refractivity contribution in [2.45, 2.75) is 4.90 Å². The third-order valence-electron chi connectivity index (χ3n) is 6.58. The van der Waals surface area contributed by atoms with E-state index in [0.29, 0.717) is 0 Å². The van der Waals surface area contributed by atoms with Crippen molar-refractivity contribution in [2.75, 3.05) is 9.80 Å². The molecule has 38 heavy (non-hydrogen) atoms. The third kappa shape index (κ3) is 4.05.